The normalized spacial score (nSPS) is 13.5. The van der Waals surface area contributed by atoms with Crippen LogP contribution < -0.4 is 15.4 Å². The van der Waals surface area contributed by atoms with Crippen LogP contribution in [0.2, 0.25) is 5.02 Å². The Labute approximate surface area is 149 Å². The number of halogens is 1. The summed E-state index contributed by atoms with van der Waals surface area (Å²) in [5, 5.41) is 6.87. The third-order valence-corrected chi connectivity index (χ3v) is 5.11. The van der Waals surface area contributed by atoms with Crippen molar-refractivity contribution in [2.45, 2.75) is 19.8 Å². The highest BCUT2D eigenvalue weighted by Gasteiger charge is 2.30. The van der Waals surface area contributed by atoms with Gasteiger partial charge in [-0.05, 0) is 49.6 Å². The molecule has 0 radical (unpaired) electrons. The maximum absolute atomic E-state index is 12.5. The number of amides is 2. The third-order valence-electron chi connectivity index (χ3n) is 3.73. The molecule has 1 heterocycles. The molecule has 1 saturated carbocycles. The van der Waals surface area contributed by atoms with Crippen LogP contribution >= 0.6 is 22.9 Å². The molecule has 0 saturated heterocycles. The number of anilines is 2. The lowest BCUT2D eigenvalue weighted by atomic mass is 10.2. The van der Waals surface area contributed by atoms with E-state index in [-0.39, 0.29) is 17.7 Å². The number of hydrogen-bond acceptors (Lipinski definition) is 4. The van der Waals surface area contributed by atoms with Gasteiger partial charge in [0.2, 0.25) is 5.91 Å². The van der Waals surface area contributed by atoms with Crippen LogP contribution in [0.1, 0.15) is 28.1 Å². The molecular weight excluding hydrogens is 348 g/mol. The lowest BCUT2D eigenvalue weighted by molar-refractivity contribution is -0.117. The van der Waals surface area contributed by atoms with Gasteiger partial charge in [-0.15, -0.1) is 11.3 Å². The fourth-order valence-electron chi connectivity index (χ4n) is 2.30. The van der Waals surface area contributed by atoms with Crippen molar-refractivity contribution < 1.29 is 14.3 Å². The van der Waals surface area contributed by atoms with Crippen LogP contribution in [0.5, 0.6) is 5.75 Å². The number of carbonyl (C=O) groups is 2. The number of carbonyl (C=O) groups excluding carboxylic acids is 2. The van der Waals surface area contributed by atoms with E-state index in [1.807, 2.05) is 13.0 Å². The number of methoxy groups -OCH3 is 1. The number of aryl methyl sites for hydroxylation is 1. The van der Waals surface area contributed by atoms with E-state index in [9.17, 15) is 9.59 Å². The maximum Gasteiger partial charge on any atom is 0.266 e. The highest BCUT2D eigenvalue weighted by atomic mass is 35.5. The summed E-state index contributed by atoms with van der Waals surface area (Å²) in [4.78, 5) is 24.9. The average molecular weight is 365 g/mol. The Bertz CT molecular complexity index is 799. The van der Waals surface area contributed by atoms with Crippen molar-refractivity contribution in [1.82, 2.24) is 0 Å². The fourth-order valence-corrected chi connectivity index (χ4v) is 3.44. The first-order valence-corrected chi connectivity index (χ1v) is 8.73. The Morgan fingerprint density at radius 3 is 2.67 bits per heavy atom. The summed E-state index contributed by atoms with van der Waals surface area (Å²) >= 11 is 7.24. The molecule has 0 spiro atoms. The molecule has 0 bridgehead atoms. The van der Waals surface area contributed by atoms with Crippen molar-refractivity contribution in [2.24, 2.45) is 5.92 Å². The first-order valence-electron chi connectivity index (χ1n) is 7.54. The zero-order valence-electron chi connectivity index (χ0n) is 13.3. The number of rotatable bonds is 5. The Morgan fingerprint density at radius 1 is 1.25 bits per heavy atom. The molecule has 3 rings (SSSR count). The number of ether oxygens (including phenoxy) is 1. The molecular formula is C17H17ClN2O3S. The SMILES string of the molecule is COc1ccc(Cl)cc1NC(=O)c1sc(NC(=O)C2CC2)cc1C. The quantitative estimate of drug-likeness (QED) is 0.830. The molecule has 0 aliphatic heterocycles. The summed E-state index contributed by atoms with van der Waals surface area (Å²) in [6.45, 7) is 1.84. The summed E-state index contributed by atoms with van der Waals surface area (Å²) in [6, 6.07) is 6.84. The van der Waals surface area contributed by atoms with Crippen LogP contribution in [0, 0.1) is 12.8 Å². The predicted octanol–water partition coefficient (Wildman–Crippen LogP) is 4.32. The zero-order chi connectivity index (χ0) is 17.3. The van der Waals surface area contributed by atoms with Crippen LogP contribution in [0.4, 0.5) is 10.7 Å². The van der Waals surface area contributed by atoms with Gasteiger partial charge < -0.3 is 15.4 Å². The number of benzene rings is 1. The van der Waals surface area contributed by atoms with Gasteiger partial charge in [0.25, 0.3) is 5.91 Å². The average Bonchev–Trinajstić information content (AvgIpc) is 3.32. The van der Waals surface area contributed by atoms with E-state index in [2.05, 4.69) is 10.6 Å². The Kier molecular flexibility index (Phi) is 4.78. The minimum Gasteiger partial charge on any atom is -0.495 e. The zero-order valence-corrected chi connectivity index (χ0v) is 14.9. The fraction of sp³-hybridized carbons (Fsp3) is 0.294. The van der Waals surface area contributed by atoms with Crippen LogP contribution in [-0.4, -0.2) is 18.9 Å². The molecule has 5 nitrogen and oxygen atoms in total. The van der Waals surface area contributed by atoms with Gasteiger partial charge in [0.1, 0.15) is 5.75 Å². The Hall–Kier alpha value is -2.05. The van der Waals surface area contributed by atoms with E-state index < -0.39 is 0 Å². The van der Waals surface area contributed by atoms with Crippen molar-refractivity contribution in [1.29, 1.82) is 0 Å². The van der Waals surface area contributed by atoms with Crippen molar-refractivity contribution in [3.8, 4) is 5.75 Å². The maximum atomic E-state index is 12.5. The van der Waals surface area contributed by atoms with Crippen molar-refractivity contribution >= 4 is 45.4 Å². The van der Waals surface area contributed by atoms with Crippen LogP contribution in [0.25, 0.3) is 0 Å². The standard InChI is InChI=1S/C17H17ClN2O3S/c1-9-7-14(20-16(21)10-3-4-10)24-15(9)17(22)19-12-8-11(18)5-6-13(12)23-2/h5-8,10H,3-4H2,1-2H3,(H,19,22)(H,20,21). The topological polar surface area (TPSA) is 67.4 Å². The first kappa shape index (κ1) is 16.8. The van der Waals surface area contributed by atoms with Crippen LogP contribution in [-0.2, 0) is 4.79 Å². The van der Waals surface area contributed by atoms with Gasteiger partial charge in [0.15, 0.2) is 0 Å². The smallest absolute Gasteiger partial charge is 0.266 e. The van der Waals surface area contributed by atoms with Crippen LogP contribution in [0.3, 0.4) is 0 Å². The lowest BCUT2D eigenvalue weighted by Gasteiger charge is -2.10. The van der Waals surface area contributed by atoms with Gasteiger partial charge >= 0.3 is 0 Å². The first-order chi connectivity index (χ1) is 11.5. The van der Waals surface area contributed by atoms with Gasteiger partial charge in [0, 0.05) is 10.9 Å². The van der Waals surface area contributed by atoms with E-state index >= 15 is 0 Å². The predicted molar refractivity (Wildman–Crippen MR) is 96.4 cm³/mol. The number of thiophene rings is 1. The van der Waals surface area contributed by atoms with E-state index in [0.29, 0.717) is 26.3 Å². The Morgan fingerprint density at radius 2 is 2.00 bits per heavy atom. The third kappa shape index (κ3) is 3.71. The molecule has 1 fully saturated rings. The molecule has 1 aromatic heterocycles. The highest BCUT2D eigenvalue weighted by Crippen LogP contribution is 2.34. The summed E-state index contributed by atoms with van der Waals surface area (Å²) < 4.78 is 5.23. The molecule has 1 aromatic carbocycles. The second-order valence-electron chi connectivity index (χ2n) is 5.69. The molecule has 24 heavy (non-hydrogen) atoms. The van der Waals surface area contributed by atoms with E-state index in [0.717, 1.165) is 18.4 Å². The summed E-state index contributed by atoms with van der Waals surface area (Å²) in [6.07, 6.45) is 1.89. The van der Waals surface area contributed by atoms with Crippen molar-refractivity contribution in [2.75, 3.05) is 17.7 Å². The second kappa shape index (κ2) is 6.83. The summed E-state index contributed by atoms with van der Waals surface area (Å²) in [5.74, 6) is 0.425. The lowest BCUT2D eigenvalue weighted by Crippen LogP contribution is -2.12. The van der Waals surface area contributed by atoms with Gasteiger partial charge in [0.05, 0.1) is 22.7 Å². The van der Waals surface area contributed by atoms with E-state index in [1.54, 1.807) is 18.2 Å². The summed E-state index contributed by atoms with van der Waals surface area (Å²) in [5.41, 5.74) is 1.32. The van der Waals surface area contributed by atoms with Gasteiger partial charge in [-0.3, -0.25) is 9.59 Å². The number of nitrogens with one attached hydrogen (secondary N) is 2. The largest absolute Gasteiger partial charge is 0.495 e. The molecule has 1 aliphatic carbocycles. The minimum absolute atomic E-state index is 0.0275. The van der Waals surface area contributed by atoms with E-state index in [1.165, 1.54) is 18.4 Å². The molecule has 2 aromatic rings. The van der Waals surface area contributed by atoms with Crippen molar-refractivity contribution in [3.63, 3.8) is 0 Å². The van der Waals surface area contributed by atoms with Gasteiger partial charge in [-0.25, -0.2) is 0 Å². The molecule has 2 amide bonds. The van der Waals surface area contributed by atoms with Gasteiger partial charge in [-0.1, -0.05) is 11.6 Å². The molecule has 0 atom stereocenters. The van der Waals surface area contributed by atoms with Gasteiger partial charge in [-0.2, -0.15) is 0 Å². The second-order valence-corrected chi connectivity index (χ2v) is 7.17. The molecule has 2 N–H and O–H groups in total. The number of hydrogen-bond donors (Lipinski definition) is 2. The summed E-state index contributed by atoms with van der Waals surface area (Å²) in [7, 11) is 1.53. The monoisotopic (exact) mass is 364 g/mol. The molecule has 7 heteroatoms. The molecule has 126 valence electrons. The van der Waals surface area contributed by atoms with Crippen LogP contribution in [0.15, 0.2) is 24.3 Å². The van der Waals surface area contributed by atoms with E-state index in [4.69, 9.17) is 16.3 Å². The Balaban J connectivity index is 1.76. The van der Waals surface area contributed by atoms with Crippen molar-refractivity contribution in [3.05, 3.63) is 39.7 Å². The highest BCUT2D eigenvalue weighted by molar-refractivity contribution is 7.18. The molecule has 1 aliphatic rings. The minimum atomic E-state index is -0.259. The molecule has 0 unspecified atom stereocenters.